The van der Waals surface area contributed by atoms with Crippen LogP contribution in [0.25, 0.3) is 0 Å². The minimum Gasteiger partial charge on any atom is -0.335 e. The first-order chi connectivity index (χ1) is 10.7. The molecule has 3 fully saturated rings. The Hall–Kier alpha value is -0.770. The first kappa shape index (κ1) is 16.1. The molecule has 22 heavy (non-hydrogen) atoms. The Morgan fingerprint density at radius 2 is 1.59 bits per heavy atom. The molecule has 2 amide bonds. The molecular formula is C18H33N3O. The molecule has 0 atom stereocenters. The van der Waals surface area contributed by atoms with Crippen LogP contribution in [0.5, 0.6) is 0 Å². The smallest absolute Gasteiger partial charge is 0.317 e. The van der Waals surface area contributed by atoms with Crippen LogP contribution in [-0.2, 0) is 0 Å². The van der Waals surface area contributed by atoms with E-state index in [2.05, 4.69) is 22.2 Å². The standard InChI is InChI=1S/C18H33N3O/c1-20-13-6-16(7-14-20)19-17(22)21-12-5-10-18(11-15-21)8-3-2-4-9-18/h16H,2-15H2,1H3,(H,19,22). The quantitative estimate of drug-likeness (QED) is 0.807. The van der Waals surface area contributed by atoms with E-state index in [1.807, 2.05) is 0 Å². The molecule has 2 saturated heterocycles. The van der Waals surface area contributed by atoms with Gasteiger partial charge in [0.05, 0.1) is 0 Å². The summed E-state index contributed by atoms with van der Waals surface area (Å²) in [7, 11) is 2.16. The number of carbonyl (C=O) groups excluding carboxylic acids is 1. The van der Waals surface area contributed by atoms with Crippen molar-refractivity contribution in [1.29, 1.82) is 0 Å². The Labute approximate surface area is 135 Å². The van der Waals surface area contributed by atoms with Crippen LogP contribution in [0.2, 0.25) is 0 Å². The van der Waals surface area contributed by atoms with Crippen LogP contribution in [0.4, 0.5) is 4.79 Å². The second-order valence-electron chi connectivity index (χ2n) is 7.93. The SMILES string of the molecule is CN1CCC(NC(=O)N2CCCC3(CCCCC3)CC2)CC1. The lowest BCUT2D eigenvalue weighted by atomic mass is 9.69. The molecule has 2 heterocycles. The van der Waals surface area contributed by atoms with Gasteiger partial charge in [-0.2, -0.15) is 0 Å². The van der Waals surface area contributed by atoms with Gasteiger partial charge in [0.1, 0.15) is 0 Å². The Morgan fingerprint density at radius 1 is 0.909 bits per heavy atom. The number of amides is 2. The number of carbonyl (C=O) groups is 1. The zero-order chi connectivity index (χ0) is 15.4. The van der Waals surface area contributed by atoms with Gasteiger partial charge >= 0.3 is 6.03 Å². The molecule has 1 saturated carbocycles. The zero-order valence-corrected chi connectivity index (χ0v) is 14.3. The number of rotatable bonds is 1. The monoisotopic (exact) mass is 307 g/mol. The number of nitrogens with one attached hydrogen (secondary N) is 1. The summed E-state index contributed by atoms with van der Waals surface area (Å²) in [6.07, 6.45) is 13.0. The van der Waals surface area contributed by atoms with Crippen molar-refractivity contribution in [3.63, 3.8) is 0 Å². The molecule has 1 aliphatic carbocycles. The third kappa shape index (κ3) is 3.95. The van der Waals surface area contributed by atoms with Crippen molar-refractivity contribution in [3.8, 4) is 0 Å². The molecule has 0 unspecified atom stereocenters. The van der Waals surface area contributed by atoms with Gasteiger partial charge in [-0.1, -0.05) is 19.3 Å². The first-order valence-electron chi connectivity index (χ1n) is 9.41. The maximum atomic E-state index is 12.6. The highest BCUT2D eigenvalue weighted by Gasteiger charge is 2.35. The topological polar surface area (TPSA) is 35.6 Å². The van der Waals surface area contributed by atoms with Crippen LogP contribution < -0.4 is 5.32 Å². The molecule has 0 bridgehead atoms. The normalized spacial score (nSPS) is 27.6. The molecule has 2 aliphatic heterocycles. The molecule has 0 aromatic heterocycles. The third-order valence-electron chi connectivity index (χ3n) is 6.29. The Kier molecular flexibility index (Phi) is 5.27. The van der Waals surface area contributed by atoms with Crippen LogP contribution >= 0.6 is 0 Å². The summed E-state index contributed by atoms with van der Waals surface area (Å²) < 4.78 is 0. The summed E-state index contributed by atoms with van der Waals surface area (Å²) in [6, 6.07) is 0.581. The van der Waals surface area contributed by atoms with Crippen molar-refractivity contribution < 1.29 is 4.79 Å². The molecule has 0 aromatic rings. The van der Waals surface area contributed by atoms with Gasteiger partial charge in [0.25, 0.3) is 0 Å². The molecular weight excluding hydrogens is 274 g/mol. The Bertz CT molecular complexity index is 371. The number of hydrogen-bond donors (Lipinski definition) is 1. The van der Waals surface area contributed by atoms with Gasteiger partial charge in [-0.05, 0) is 70.5 Å². The molecule has 3 aliphatic rings. The lowest BCUT2D eigenvalue weighted by Gasteiger charge is -2.36. The number of hydrogen-bond acceptors (Lipinski definition) is 2. The Morgan fingerprint density at radius 3 is 2.32 bits per heavy atom. The van der Waals surface area contributed by atoms with Gasteiger partial charge < -0.3 is 15.1 Å². The molecule has 4 heteroatoms. The van der Waals surface area contributed by atoms with Gasteiger partial charge in [0.2, 0.25) is 0 Å². The summed E-state index contributed by atoms with van der Waals surface area (Å²) in [5.74, 6) is 0. The number of likely N-dealkylation sites (tertiary alicyclic amines) is 2. The molecule has 126 valence electrons. The van der Waals surface area contributed by atoms with E-state index in [0.717, 1.165) is 39.0 Å². The van der Waals surface area contributed by atoms with Crippen LogP contribution in [0, 0.1) is 5.41 Å². The fourth-order valence-electron chi connectivity index (χ4n) is 4.68. The average molecular weight is 307 g/mol. The van der Waals surface area contributed by atoms with Gasteiger partial charge in [0.15, 0.2) is 0 Å². The molecule has 0 aromatic carbocycles. The highest BCUT2D eigenvalue weighted by molar-refractivity contribution is 5.74. The first-order valence-corrected chi connectivity index (χ1v) is 9.41. The van der Waals surface area contributed by atoms with Gasteiger partial charge in [-0.15, -0.1) is 0 Å². The largest absolute Gasteiger partial charge is 0.335 e. The molecule has 3 rings (SSSR count). The minimum atomic E-state index is 0.197. The van der Waals surface area contributed by atoms with Crippen molar-refractivity contribution in [2.45, 2.75) is 70.3 Å². The van der Waals surface area contributed by atoms with Crippen molar-refractivity contribution in [1.82, 2.24) is 15.1 Å². The fourth-order valence-corrected chi connectivity index (χ4v) is 4.68. The van der Waals surface area contributed by atoms with E-state index in [0.29, 0.717) is 11.5 Å². The number of piperidine rings is 1. The van der Waals surface area contributed by atoms with Crippen LogP contribution in [0.15, 0.2) is 0 Å². The van der Waals surface area contributed by atoms with E-state index in [9.17, 15) is 4.79 Å². The lowest BCUT2D eigenvalue weighted by Crippen LogP contribution is -2.49. The maximum absolute atomic E-state index is 12.6. The highest BCUT2D eigenvalue weighted by Crippen LogP contribution is 2.44. The third-order valence-corrected chi connectivity index (χ3v) is 6.29. The van der Waals surface area contributed by atoms with E-state index in [1.54, 1.807) is 0 Å². The summed E-state index contributed by atoms with van der Waals surface area (Å²) in [4.78, 5) is 17.0. The van der Waals surface area contributed by atoms with Crippen LogP contribution in [0.3, 0.4) is 0 Å². The van der Waals surface area contributed by atoms with E-state index in [-0.39, 0.29) is 6.03 Å². The van der Waals surface area contributed by atoms with Gasteiger partial charge in [0, 0.05) is 19.1 Å². The zero-order valence-electron chi connectivity index (χ0n) is 14.3. The van der Waals surface area contributed by atoms with Crippen molar-refractivity contribution in [3.05, 3.63) is 0 Å². The lowest BCUT2D eigenvalue weighted by molar-refractivity contribution is 0.155. The Balaban J connectivity index is 1.48. The highest BCUT2D eigenvalue weighted by atomic mass is 16.2. The summed E-state index contributed by atoms with van der Waals surface area (Å²) >= 11 is 0. The molecule has 0 radical (unpaired) electrons. The predicted octanol–water partition coefficient (Wildman–Crippen LogP) is 3.23. The predicted molar refractivity (Wildman–Crippen MR) is 90.0 cm³/mol. The second-order valence-corrected chi connectivity index (χ2v) is 7.93. The van der Waals surface area contributed by atoms with Gasteiger partial charge in [-0.25, -0.2) is 4.79 Å². The van der Waals surface area contributed by atoms with E-state index in [1.165, 1.54) is 51.4 Å². The molecule has 1 N–H and O–H groups in total. The number of nitrogens with zero attached hydrogens (tertiary/aromatic N) is 2. The van der Waals surface area contributed by atoms with E-state index in [4.69, 9.17) is 0 Å². The van der Waals surface area contributed by atoms with Crippen LogP contribution in [0.1, 0.15) is 64.2 Å². The van der Waals surface area contributed by atoms with Crippen LogP contribution in [-0.4, -0.2) is 55.1 Å². The van der Waals surface area contributed by atoms with Crippen molar-refractivity contribution >= 4 is 6.03 Å². The van der Waals surface area contributed by atoms with Crippen molar-refractivity contribution in [2.75, 3.05) is 33.2 Å². The minimum absolute atomic E-state index is 0.197. The molecule has 4 nitrogen and oxygen atoms in total. The fraction of sp³-hybridized carbons (Fsp3) is 0.944. The summed E-state index contributed by atoms with van der Waals surface area (Å²) in [6.45, 7) is 4.14. The van der Waals surface area contributed by atoms with Crippen molar-refractivity contribution in [2.24, 2.45) is 5.41 Å². The average Bonchev–Trinajstić information content (AvgIpc) is 2.73. The molecule has 1 spiro atoms. The summed E-state index contributed by atoms with van der Waals surface area (Å²) in [5.41, 5.74) is 0.570. The number of urea groups is 1. The summed E-state index contributed by atoms with van der Waals surface area (Å²) in [5, 5.41) is 3.29. The van der Waals surface area contributed by atoms with E-state index < -0.39 is 0 Å². The van der Waals surface area contributed by atoms with Gasteiger partial charge in [-0.3, -0.25) is 0 Å². The maximum Gasteiger partial charge on any atom is 0.317 e. The van der Waals surface area contributed by atoms with E-state index >= 15 is 0 Å². The second kappa shape index (κ2) is 7.20.